The van der Waals surface area contributed by atoms with Crippen LogP contribution < -0.4 is 10.2 Å². The van der Waals surface area contributed by atoms with Crippen molar-refractivity contribution in [2.75, 3.05) is 0 Å². The molecule has 16 heavy (non-hydrogen) atoms. The highest BCUT2D eigenvalue weighted by Gasteiger charge is 2.05. The van der Waals surface area contributed by atoms with Crippen LogP contribution in [-0.2, 0) is 4.79 Å². The van der Waals surface area contributed by atoms with E-state index < -0.39 is 5.97 Å². The highest BCUT2D eigenvalue weighted by molar-refractivity contribution is 5.79. The van der Waals surface area contributed by atoms with Gasteiger partial charge < -0.3 is 9.15 Å². The number of carbonyl (C=O) groups excluding carboxylic acids is 1. The molecule has 82 valence electrons. The highest BCUT2D eigenvalue weighted by Crippen LogP contribution is 2.19. The zero-order valence-corrected chi connectivity index (χ0v) is 8.94. The lowest BCUT2D eigenvalue weighted by atomic mass is 10.2. The fourth-order valence-electron chi connectivity index (χ4n) is 1.49. The molecule has 0 N–H and O–H groups in total. The van der Waals surface area contributed by atoms with Gasteiger partial charge in [0.2, 0.25) is 0 Å². The third kappa shape index (κ3) is 1.95. The minimum absolute atomic E-state index is 0.104. The van der Waals surface area contributed by atoms with Crippen molar-refractivity contribution in [1.82, 2.24) is 0 Å². The first-order chi connectivity index (χ1) is 7.56. The lowest BCUT2D eigenvalue weighted by molar-refractivity contribution is -0.131. The molecule has 0 aliphatic rings. The predicted octanol–water partition coefficient (Wildman–Crippen LogP) is 2.03. The van der Waals surface area contributed by atoms with Gasteiger partial charge in [-0.3, -0.25) is 9.59 Å². The first kappa shape index (κ1) is 10.4. The van der Waals surface area contributed by atoms with E-state index in [9.17, 15) is 9.59 Å². The smallest absolute Gasteiger partial charge is 0.308 e. The first-order valence-electron chi connectivity index (χ1n) is 4.79. The Morgan fingerprint density at radius 1 is 1.31 bits per heavy atom. The van der Waals surface area contributed by atoms with Crippen molar-refractivity contribution < 1.29 is 13.9 Å². The molecule has 2 rings (SSSR count). The zero-order chi connectivity index (χ0) is 11.7. The fraction of sp³-hybridized carbons (Fsp3) is 0.167. The number of ether oxygens (including phenoxy) is 1. The molecule has 0 saturated heterocycles. The van der Waals surface area contributed by atoms with Crippen LogP contribution in [0.15, 0.2) is 33.5 Å². The summed E-state index contributed by atoms with van der Waals surface area (Å²) in [5, 5.41) is 0.474. The number of carbonyl (C=O) groups is 1. The van der Waals surface area contributed by atoms with Gasteiger partial charge in [-0.1, -0.05) is 0 Å². The van der Waals surface area contributed by atoms with E-state index in [1.54, 1.807) is 19.1 Å². The minimum atomic E-state index is -0.408. The van der Waals surface area contributed by atoms with Crippen LogP contribution in [-0.4, -0.2) is 5.97 Å². The number of hydrogen-bond acceptors (Lipinski definition) is 4. The van der Waals surface area contributed by atoms with Crippen LogP contribution in [0.1, 0.15) is 12.7 Å². The molecular weight excluding hydrogens is 208 g/mol. The number of rotatable bonds is 1. The van der Waals surface area contributed by atoms with Crippen LogP contribution in [0.3, 0.4) is 0 Å². The fourth-order valence-corrected chi connectivity index (χ4v) is 1.49. The second-order valence-corrected chi connectivity index (χ2v) is 3.47. The van der Waals surface area contributed by atoms with Gasteiger partial charge in [0.15, 0.2) is 5.43 Å². The van der Waals surface area contributed by atoms with Crippen LogP contribution in [0.25, 0.3) is 11.0 Å². The summed E-state index contributed by atoms with van der Waals surface area (Å²) in [6.45, 7) is 3.01. The van der Waals surface area contributed by atoms with E-state index in [0.29, 0.717) is 22.5 Å². The van der Waals surface area contributed by atoms with E-state index in [1.165, 1.54) is 19.1 Å². The number of aryl methyl sites for hydroxylation is 1. The molecule has 4 nitrogen and oxygen atoms in total. The Kier molecular flexibility index (Phi) is 2.48. The van der Waals surface area contributed by atoms with Crippen LogP contribution in [0, 0.1) is 6.92 Å². The topological polar surface area (TPSA) is 56.5 Å². The summed E-state index contributed by atoms with van der Waals surface area (Å²) in [7, 11) is 0. The largest absolute Gasteiger partial charge is 0.461 e. The molecule has 2 aromatic rings. The van der Waals surface area contributed by atoms with E-state index in [2.05, 4.69) is 0 Å². The van der Waals surface area contributed by atoms with E-state index in [1.807, 2.05) is 0 Å². The second kappa shape index (κ2) is 3.81. The van der Waals surface area contributed by atoms with Crippen LogP contribution in [0.2, 0.25) is 0 Å². The van der Waals surface area contributed by atoms with Crippen molar-refractivity contribution in [3.63, 3.8) is 0 Å². The highest BCUT2D eigenvalue weighted by atomic mass is 16.5. The van der Waals surface area contributed by atoms with Crippen molar-refractivity contribution in [2.45, 2.75) is 13.8 Å². The third-order valence-electron chi connectivity index (χ3n) is 2.09. The summed E-state index contributed by atoms with van der Waals surface area (Å²) in [4.78, 5) is 22.3. The number of esters is 1. The van der Waals surface area contributed by atoms with Crippen molar-refractivity contribution >= 4 is 16.9 Å². The number of fused-ring (bicyclic) bond motifs is 1. The standard InChI is InChI=1S/C12H10O4/c1-7-5-11(14)10-4-3-9(16-8(2)13)6-12(10)15-7/h3-6H,1-2H3. The lowest BCUT2D eigenvalue weighted by Gasteiger charge is -2.02. The van der Waals surface area contributed by atoms with Gasteiger partial charge in [-0.05, 0) is 19.1 Å². The van der Waals surface area contributed by atoms with E-state index in [0.717, 1.165) is 0 Å². The Morgan fingerprint density at radius 2 is 2.06 bits per heavy atom. The summed E-state index contributed by atoms with van der Waals surface area (Å²) in [6.07, 6.45) is 0. The molecule has 0 radical (unpaired) electrons. The van der Waals surface area contributed by atoms with Crippen molar-refractivity contribution in [2.24, 2.45) is 0 Å². The average molecular weight is 218 g/mol. The van der Waals surface area contributed by atoms with E-state index in [-0.39, 0.29) is 5.43 Å². The Balaban J connectivity index is 2.61. The molecule has 0 unspecified atom stereocenters. The predicted molar refractivity (Wildman–Crippen MR) is 58.5 cm³/mol. The molecule has 0 amide bonds. The second-order valence-electron chi connectivity index (χ2n) is 3.47. The molecule has 0 aliphatic heterocycles. The molecule has 0 bridgehead atoms. The molecule has 0 fully saturated rings. The van der Waals surface area contributed by atoms with Crippen LogP contribution in [0.4, 0.5) is 0 Å². The first-order valence-corrected chi connectivity index (χ1v) is 4.79. The van der Waals surface area contributed by atoms with Gasteiger partial charge >= 0.3 is 5.97 Å². The molecule has 0 atom stereocenters. The number of hydrogen-bond donors (Lipinski definition) is 0. The monoisotopic (exact) mass is 218 g/mol. The van der Waals surface area contributed by atoms with Gasteiger partial charge in [-0.15, -0.1) is 0 Å². The summed E-state index contributed by atoms with van der Waals surface area (Å²) < 4.78 is 10.3. The van der Waals surface area contributed by atoms with E-state index >= 15 is 0 Å². The van der Waals surface area contributed by atoms with Crippen molar-refractivity contribution in [3.05, 3.63) is 40.2 Å². The van der Waals surface area contributed by atoms with Gasteiger partial charge in [0.25, 0.3) is 0 Å². The summed E-state index contributed by atoms with van der Waals surface area (Å²) in [5.74, 6) is 0.487. The minimum Gasteiger partial charge on any atom is -0.461 e. The van der Waals surface area contributed by atoms with E-state index in [4.69, 9.17) is 9.15 Å². The van der Waals surface area contributed by atoms with Gasteiger partial charge in [0, 0.05) is 19.1 Å². The molecule has 1 heterocycles. The Labute approximate surface area is 91.4 Å². The number of benzene rings is 1. The molecule has 1 aromatic carbocycles. The quantitative estimate of drug-likeness (QED) is 0.542. The maximum Gasteiger partial charge on any atom is 0.308 e. The summed E-state index contributed by atoms with van der Waals surface area (Å²) >= 11 is 0. The SMILES string of the molecule is CC(=O)Oc1ccc2c(=O)cc(C)oc2c1. The van der Waals surface area contributed by atoms with Crippen molar-refractivity contribution in [1.29, 1.82) is 0 Å². The van der Waals surface area contributed by atoms with Gasteiger partial charge in [-0.25, -0.2) is 0 Å². The van der Waals surface area contributed by atoms with Gasteiger partial charge in [0.05, 0.1) is 5.39 Å². The molecule has 1 aromatic heterocycles. The van der Waals surface area contributed by atoms with Crippen LogP contribution >= 0.6 is 0 Å². The molecule has 4 heteroatoms. The van der Waals surface area contributed by atoms with Crippen LogP contribution in [0.5, 0.6) is 5.75 Å². The average Bonchev–Trinajstić information content (AvgIpc) is 2.15. The summed E-state index contributed by atoms with van der Waals surface area (Å²) in [6, 6.07) is 6.10. The molecule has 0 saturated carbocycles. The molecule has 0 aliphatic carbocycles. The van der Waals surface area contributed by atoms with Gasteiger partial charge in [0.1, 0.15) is 17.1 Å². The third-order valence-corrected chi connectivity index (χ3v) is 2.09. The lowest BCUT2D eigenvalue weighted by Crippen LogP contribution is -2.03. The van der Waals surface area contributed by atoms with Gasteiger partial charge in [-0.2, -0.15) is 0 Å². The zero-order valence-electron chi connectivity index (χ0n) is 8.94. The maximum atomic E-state index is 11.6. The maximum absolute atomic E-state index is 11.6. The Morgan fingerprint density at radius 3 is 2.75 bits per heavy atom. The normalized spacial score (nSPS) is 10.4. The molecule has 0 spiro atoms. The Bertz CT molecular complexity index is 610. The molecular formula is C12H10O4. The van der Waals surface area contributed by atoms with Crippen molar-refractivity contribution in [3.8, 4) is 5.75 Å². The summed E-state index contributed by atoms with van der Waals surface area (Å²) in [5.41, 5.74) is 0.317. The Hall–Kier alpha value is -2.10.